The molecule has 5 nitrogen and oxygen atoms in total. The molecule has 0 aliphatic carbocycles. The van der Waals surface area contributed by atoms with Crippen LogP contribution in [-0.4, -0.2) is 44.1 Å². The van der Waals surface area contributed by atoms with Crippen LogP contribution in [0, 0.1) is 0 Å². The second kappa shape index (κ2) is 6.13. The summed E-state index contributed by atoms with van der Waals surface area (Å²) in [5.74, 6) is -0.00346. The molecule has 6 heteroatoms. The van der Waals surface area contributed by atoms with Crippen LogP contribution < -0.4 is 4.72 Å². The van der Waals surface area contributed by atoms with Gasteiger partial charge in [-0.15, -0.1) is 0 Å². The number of rotatable bonds is 7. The zero-order valence-electron chi connectivity index (χ0n) is 10.6. The Bertz CT molecular complexity index is 318. The number of sulfonamides is 1. The van der Waals surface area contributed by atoms with E-state index in [4.69, 9.17) is 4.74 Å². The van der Waals surface area contributed by atoms with Crippen LogP contribution in [0.25, 0.3) is 0 Å². The fourth-order valence-electron chi connectivity index (χ4n) is 1.82. The molecule has 0 aromatic carbocycles. The highest BCUT2D eigenvalue weighted by atomic mass is 32.2. The lowest BCUT2D eigenvalue weighted by Crippen LogP contribution is -2.43. The van der Waals surface area contributed by atoms with E-state index in [0.717, 1.165) is 12.8 Å². The molecule has 17 heavy (non-hydrogen) atoms. The summed E-state index contributed by atoms with van der Waals surface area (Å²) in [6, 6.07) is 0. The van der Waals surface area contributed by atoms with Crippen LogP contribution in [0.4, 0.5) is 0 Å². The minimum Gasteiger partial charge on any atom is -0.389 e. The Labute approximate surface area is 104 Å². The molecule has 0 aromatic heterocycles. The molecule has 1 aliphatic heterocycles. The predicted molar refractivity (Wildman–Crippen MR) is 66.3 cm³/mol. The number of hydrogen-bond acceptors (Lipinski definition) is 4. The summed E-state index contributed by atoms with van der Waals surface area (Å²) in [6.45, 7) is 4.42. The van der Waals surface area contributed by atoms with Crippen LogP contribution >= 0.6 is 0 Å². The maximum Gasteiger partial charge on any atom is 0.214 e. The van der Waals surface area contributed by atoms with E-state index >= 15 is 0 Å². The van der Waals surface area contributed by atoms with Gasteiger partial charge in [0.15, 0.2) is 0 Å². The van der Waals surface area contributed by atoms with Crippen LogP contribution in [0.3, 0.4) is 0 Å². The molecule has 1 saturated heterocycles. The van der Waals surface area contributed by atoms with Gasteiger partial charge in [0.1, 0.15) is 0 Å². The van der Waals surface area contributed by atoms with Gasteiger partial charge in [-0.05, 0) is 25.7 Å². The van der Waals surface area contributed by atoms with E-state index in [1.807, 2.05) is 13.8 Å². The number of nitrogens with one attached hydrogen (secondary N) is 1. The van der Waals surface area contributed by atoms with Crippen molar-refractivity contribution in [1.29, 1.82) is 0 Å². The fraction of sp³-hybridized carbons (Fsp3) is 1.00. The third kappa shape index (κ3) is 4.91. The van der Waals surface area contributed by atoms with Crippen molar-refractivity contribution in [2.24, 2.45) is 0 Å². The van der Waals surface area contributed by atoms with Crippen molar-refractivity contribution in [3.05, 3.63) is 0 Å². The van der Waals surface area contributed by atoms with Gasteiger partial charge >= 0.3 is 0 Å². The predicted octanol–water partition coefficient (Wildman–Crippen LogP) is 0.636. The molecule has 2 N–H and O–H groups in total. The molecule has 0 radical (unpaired) electrons. The van der Waals surface area contributed by atoms with Gasteiger partial charge in [0.05, 0.1) is 17.5 Å². The van der Waals surface area contributed by atoms with Crippen molar-refractivity contribution in [3.63, 3.8) is 0 Å². The Hall–Kier alpha value is -0.170. The van der Waals surface area contributed by atoms with Crippen LogP contribution in [0.5, 0.6) is 0 Å². The van der Waals surface area contributed by atoms with Gasteiger partial charge < -0.3 is 9.84 Å². The maximum atomic E-state index is 11.8. The van der Waals surface area contributed by atoms with Crippen LogP contribution in [0.2, 0.25) is 0 Å². The monoisotopic (exact) mass is 265 g/mol. The van der Waals surface area contributed by atoms with Gasteiger partial charge in [0.2, 0.25) is 10.0 Å². The Morgan fingerprint density at radius 2 is 2.06 bits per heavy atom. The zero-order valence-corrected chi connectivity index (χ0v) is 11.4. The standard InChI is InChI=1S/C11H23NO4S/c1-3-11(13,4-2)9-12-17(14,15)8-10-6-5-7-16-10/h10,12-13H,3-9H2,1-2H3. The fourth-order valence-corrected chi connectivity index (χ4v) is 3.18. The summed E-state index contributed by atoms with van der Waals surface area (Å²) in [6.07, 6.45) is 2.60. The molecular formula is C11H23NO4S. The summed E-state index contributed by atoms with van der Waals surface area (Å²) >= 11 is 0. The first-order valence-corrected chi connectivity index (χ1v) is 7.87. The zero-order chi connectivity index (χ0) is 12.9. The molecule has 102 valence electrons. The summed E-state index contributed by atoms with van der Waals surface area (Å²) in [5, 5.41) is 9.99. The Morgan fingerprint density at radius 3 is 2.53 bits per heavy atom. The molecule has 0 spiro atoms. The molecule has 0 saturated carbocycles. The van der Waals surface area contributed by atoms with Crippen molar-refractivity contribution in [2.45, 2.75) is 51.2 Å². The smallest absolute Gasteiger partial charge is 0.214 e. The van der Waals surface area contributed by atoms with E-state index < -0.39 is 15.6 Å². The van der Waals surface area contributed by atoms with Crippen molar-refractivity contribution in [3.8, 4) is 0 Å². The summed E-state index contributed by atoms with van der Waals surface area (Å²) in [7, 11) is -3.35. The first kappa shape index (κ1) is 14.9. The van der Waals surface area contributed by atoms with E-state index in [1.54, 1.807) is 0 Å². The Balaban J connectivity index is 2.43. The lowest BCUT2D eigenvalue weighted by molar-refractivity contribution is 0.0376. The van der Waals surface area contributed by atoms with Gasteiger partial charge in [0.25, 0.3) is 0 Å². The van der Waals surface area contributed by atoms with Crippen LogP contribution in [-0.2, 0) is 14.8 Å². The van der Waals surface area contributed by atoms with E-state index in [0.29, 0.717) is 19.4 Å². The second-order valence-corrected chi connectivity index (χ2v) is 6.52. The van der Waals surface area contributed by atoms with Crippen molar-refractivity contribution >= 4 is 10.0 Å². The molecule has 1 unspecified atom stereocenters. The highest BCUT2D eigenvalue weighted by molar-refractivity contribution is 7.89. The SMILES string of the molecule is CCC(O)(CC)CNS(=O)(=O)CC1CCCO1. The molecule has 1 aliphatic rings. The molecule has 1 heterocycles. The third-order valence-electron chi connectivity index (χ3n) is 3.37. The summed E-state index contributed by atoms with van der Waals surface area (Å²) in [4.78, 5) is 0. The van der Waals surface area contributed by atoms with Gasteiger partial charge in [-0.3, -0.25) is 0 Å². The third-order valence-corrected chi connectivity index (χ3v) is 4.76. The second-order valence-electron chi connectivity index (χ2n) is 4.67. The van der Waals surface area contributed by atoms with E-state index in [-0.39, 0.29) is 18.4 Å². The summed E-state index contributed by atoms with van der Waals surface area (Å²) in [5.41, 5.74) is -0.941. The van der Waals surface area contributed by atoms with Gasteiger partial charge in [0, 0.05) is 13.2 Å². The first-order valence-electron chi connectivity index (χ1n) is 6.22. The minimum atomic E-state index is -3.35. The molecule has 1 fully saturated rings. The highest BCUT2D eigenvalue weighted by Crippen LogP contribution is 2.15. The Kier molecular flexibility index (Phi) is 5.37. The highest BCUT2D eigenvalue weighted by Gasteiger charge is 2.27. The van der Waals surface area contributed by atoms with Crippen LogP contribution in [0.15, 0.2) is 0 Å². The van der Waals surface area contributed by atoms with Crippen molar-refractivity contribution in [1.82, 2.24) is 4.72 Å². The average Bonchev–Trinajstić information content (AvgIpc) is 2.78. The van der Waals surface area contributed by atoms with E-state index in [9.17, 15) is 13.5 Å². The number of hydrogen-bond donors (Lipinski definition) is 2. The van der Waals surface area contributed by atoms with Crippen molar-refractivity contribution in [2.75, 3.05) is 18.9 Å². The quantitative estimate of drug-likeness (QED) is 0.708. The first-order chi connectivity index (χ1) is 7.91. The van der Waals surface area contributed by atoms with E-state index in [2.05, 4.69) is 4.72 Å². The topological polar surface area (TPSA) is 75.6 Å². The van der Waals surface area contributed by atoms with Gasteiger partial charge in [-0.1, -0.05) is 13.8 Å². The summed E-state index contributed by atoms with van der Waals surface area (Å²) < 4.78 is 31.3. The van der Waals surface area contributed by atoms with E-state index in [1.165, 1.54) is 0 Å². The lowest BCUT2D eigenvalue weighted by atomic mass is 9.98. The largest absolute Gasteiger partial charge is 0.389 e. The molecule has 1 atom stereocenters. The molecular weight excluding hydrogens is 242 g/mol. The number of aliphatic hydroxyl groups is 1. The van der Waals surface area contributed by atoms with Crippen LogP contribution in [0.1, 0.15) is 39.5 Å². The molecule has 0 aromatic rings. The lowest BCUT2D eigenvalue weighted by Gasteiger charge is -2.25. The Morgan fingerprint density at radius 1 is 1.41 bits per heavy atom. The minimum absolute atomic E-state index is 0.00346. The normalized spacial score (nSPS) is 21.9. The average molecular weight is 265 g/mol. The van der Waals surface area contributed by atoms with Crippen molar-refractivity contribution < 1.29 is 18.3 Å². The molecule has 1 rings (SSSR count). The van der Waals surface area contributed by atoms with Gasteiger partial charge in [-0.2, -0.15) is 0 Å². The molecule has 0 amide bonds. The molecule has 0 bridgehead atoms. The number of ether oxygens (including phenoxy) is 1. The van der Waals surface area contributed by atoms with Gasteiger partial charge in [-0.25, -0.2) is 13.1 Å². The maximum absolute atomic E-state index is 11.8.